The molecule has 1 aromatic carbocycles. The summed E-state index contributed by atoms with van der Waals surface area (Å²) in [6.45, 7) is 0. The molecule has 0 amide bonds. The molecule has 0 aliphatic carbocycles. The zero-order valence-corrected chi connectivity index (χ0v) is 12.6. The van der Waals surface area contributed by atoms with Crippen LogP contribution in [0.5, 0.6) is 0 Å². The van der Waals surface area contributed by atoms with Gasteiger partial charge in [0.05, 0.1) is 11.3 Å². The fraction of sp³-hybridized carbons (Fsp3) is 0. The van der Waals surface area contributed by atoms with Crippen molar-refractivity contribution in [2.75, 3.05) is 4.72 Å². The monoisotopic (exact) mass is 374 g/mol. The van der Waals surface area contributed by atoms with Gasteiger partial charge in [-0.05, 0) is 40.2 Å². The third-order valence-electron chi connectivity index (χ3n) is 2.45. The molecule has 2 aromatic rings. The Balaban J connectivity index is 2.46. The Labute approximate surface area is 127 Å². The topological polar surface area (TPSA) is 96.4 Å². The summed E-state index contributed by atoms with van der Waals surface area (Å²) in [5.41, 5.74) is -0.717. The Bertz CT molecular complexity index is 811. The molecule has 0 fully saturated rings. The van der Waals surface area contributed by atoms with E-state index in [0.717, 1.165) is 24.4 Å². The molecule has 2 N–H and O–H groups in total. The van der Waals surface area contributed by atoms with Crippen molar-refractivity contribution in [2.24, 2.45) is 0 Å². The third kappa shape index (κ3) is 3.56. The molecule has 0 aliphatic heterocycles. The van der Waals surface area contributed by atoms with Gasteiger partial charge in [-0.3, -0.25) is 9.71 Å². The fourth-order valence-electron chi connectivity index (χ4n) is 1.53. The van der Waals surface area contributed by atoms with Crippen molar-refractivity contribution >= 4 is 37.6 Å². The normalized spacial score (nSPS) is 11.1. The van der Waals surface area contributed by atoms with Gasteiger partial charge in [-0.15, -0.1) is 0 Å². The molecule has 0 atom stereocenters. The summed E-state index contributed by atoms with van der Waals surface area (Å²) in [4.78, 5) is 14.6. The minimum atomic E-state index is -4.08. The number of hydrogen-bond acceptors (Lipinski definition) is 4. The highest BCUT2D eigenvalue weighted by atomic mass is 79.9. The van der Waals surface area contributed by atoms with Gasteiger partial charge in [0.2, 0.25) is 0 Å². The number of pyridine rings is 1. The van der Waals surface area contributed by atoms with Crippen molar-refractivity contribution < 1.29 is 22.7 Å². The second-order valence-electron chi connectivity index (χ2n) is 3.94. The Morgan fingerprint density at radius 3 is 2.62 bits per heavy atom. The van der Waals surface area contributed by atoms with E-state index in [0.29, 0.717) is 4.47 Å². The number of sulfonamides is 1. The summed E-state index contributed by atoms with van der Waals surface area (Å²) in [6, 6.07) is 4.00. The molecule has 110 valence electrons. The van der Waals surface area contributed by atoms with Crippen LogP contribution in [0.2, 0.25) is 0 Å². The number of aromatic nitrogens is 1. The average molecular weight is 375 g/mol. The number of carboxylic acids is 1. The van der Waals surface area contributed by atoms with Crippen LogP contribution in [0.15, 0.2) is 46.0 Å². The molecule has 0 saturated heterocycles. The van der Waals surface area contributed by atoms with Gasteiger partial charge in [-0.1, -0.05) is 0 Å². The van der Waals surface area contributed by atoms with E-state index in [1.807, 2.05) is 4.72 Å². The molecule has 2 rings (SSSR count). The summed E-state index contributed by atoms with van der Waals surface area (Å²) < 4.78 is 40.0. The summed E-state index contributed by atoms with van der Waals surface area (Å²) in [5.74, 6) is -2.13. The van der Waals surface area contributed by atoms with Crippen LogP contribution in [0.1, 0.15) is 10.4 Å². The first-order valence-corrected chi connectivity index (χ1v) is 7.73. The zero-order chi connectivity index (χ0) is 15.6. The number of anilines is 1. The first-order valence-electron chi connectivity index (χ1n) is 5.46. The van der Waals surface area contributed by atoms with E-state index in [1.165, 1.54) is 12.3 Å². The summed E-state index contributed by atoms with van der Waals surface area (Å²) in [6.07, 6.45) is 2.48. The summed E-state index contributed by atoms with van der Waals surface area (Å²) >= 11 is 3.08. The van der Waals surface area contributed by atoms with E-state index >= 15 is 0 Å². The summed E-state index contributed by atoms with van der Waals surface area (Å²) in [7, 11) is -4.08. The molecule has 0 saturated carbocycles. The van der Waals surface area contributed by atoms with Crippen LogP contribution in [-0.2, 0) is 10.0 Å². The number of nitrogens with zero attached hydrogens (tertiary/aromatic N) is 1. The minimum absolute atomic E-state index is 0.183. The van der Waals surface area contributed by atoms with Crippen LogP contribution in [0.3, 0.4) is 0 Å². The molecule has 0 unspecified atom stereocenters. The first kappa shape index (κ1) is 15.4. The number of aromatic carboxylic acids is 1. The molecule has 0 bridgehead atoms. The Hall–Kier alpha value is -2.00. The van der Waals surface area contributed by atoms with Gasteiger partial charge in [0.15, 0.2) is 0 Å². The average Bonchev–Trinajstić information content (AvgIpc) is 2.38. The largest absolute Gasteiger partial charge is 0.478 e. The predicted octanol–water partition coefficient (Wildman–Crippen LogP) is 2.48. The van der Waals surface area contributed by atoms with Crippen LogP contribution >= 0.6 is 15.9 Å². The summed E-state index contributed by atoms with van der Waals surface area (Å²) in [5, 5.41) is 8.99. The molecular weight excluding hydrogens is 367 g/mol. The second kappa shape index (κ2) is 5.78. The maximum atomic E-state index is 13.2. The second-order valence-corrected chi connectivity index (χ2v) is 6.54. The van der Waals surface area contributed by atoms with Crippen LogP contribution < -0.4 is 4.72 Å². The van der Waals surface area contributed by atoms with Gasteiger partial charge in [0.25, 0.3) is 10.0 Å². The number of carbonyl (C=O) groups is 1. The van der Waals surface area contributed by atoms with E-state index in [-0.39, 0.29) is 16.1 Å². The molecule has 21 heavy (non-hydrogen) atoms. The predicted molar refractivity (Wildman–Crippen MR) is 76.1 cm³/mol. The van der Waals surface area contributed by atoms with E-state index in [9.17, 15) is 17.6 Å². The molecule has 0 aliphatic rings. The lowest BCUT2D eigenvalue weighted by atomic mass is 10.2. The number of halogens is 2. The molecule has 1 aromatic heterocycles. The lowest BCUT2D eigenvalue weighted by Crippen LogP contribution is -2.16. The van der Waals surface area contributed by atoms with Crippen molar-refractivity contribution in [3.05, 3.63) is 52.5 Å². The van der Waals surface area contributed by atoms with Crippen molar-refractivity contribution in [3.8, 4) is 0 Å². The Kier molecular flexibility index (Phi) is 4.24. The van der Waals surface area contributed by atoms with E-state index in [1.54, 1.807) is 0 Å². The number of hydrogen-bond donors (Lipinski definition) is 2. The maximum absolute atomic E-state index is 13.2. The lowest BCUT2D eigenvalue weighted by Gasteiger charge is -2.10. The standard InChI is InChI=1S/C12H8BrFN2O4S/c13-7-3-9(6-15-5-7)21(19,20)16-11-4-8(14)1-2-10(11)12(17)18/h1-6,16H,(H,17,18). The SMILES string of the molecule is O=C(O)c1ccc(F)cc1NS(=O)(=O)c1cncc(Br)c1. The highest BCUT2D eigenvalue weighted by Crippen LogP contribution is 2.22. The maximum Gasteiger partial charge on any atom is 0.337 e. The third-order valence-corrected chi connectivity index (χ3v) is 4.21. The molecule has 0 spiro atoms. The van der Waals surface area contributed by atoms with E-state index in [2.05, 4.69) is 20.9 Å². The minimum Gasteiger partial charge on any atom is -0.478 e. The number of benzene rings is 1. The van der Waals surface area contributed by atoms with Gasteiger partial charge in [-0.2, -0.15) is 0 Å². The van der Waals surface area contributed by atoms with E-state index in [4.69, 9.17) is 5.11 Å². The van der Waals surface area contributed by atoms with Crippen LogP contribution in [0, 0.1) is 5.82 Å². The van der Waals surface area contributed by atoms with E-state index < -0.39 is 21.8 Å². The smallest absolute Gasteiger partial charge is 0.337 e. The number of rotatable bonds is 4. The highest BCUT2D eigenvalue weighted by Gasteiger charge is 2.19. The van der Waals surface area contributed by atoms with Crippen molar-refractivity contribution in [2.45, 2.75) is 4.90 Å². The highest BCUT2D eigenvalue weighted by molar-refractivity contribution is 9.10. The molecule has 6 nitrogen and oxygen atoms in total. The molecule has 9 heteroatoms. The Morgan fingerprint density at radius 1 is 1.29 bits per heavy atom. The van der Waals surface area contributed by atoms with Crippen molar-refractivity contribution in [1.29, 1.82) is 0 Å². The van der Waals surface area contributed by atoms with Crippen LogP contribution in [-0.4, -0.2) is 24.5 Å². The van der Waals surface area contributed by atoms with Crippen molar-refractivity contribution in [1.82, 2.24) is 4.98 Å². The van der Waals surface area contributed by atoms with Crippen LogP contribution in [0.25, 0.3) is 0 Å². The zero-order valence-electron chi connectivity index (χ0n) is 10.2. The fourth-order valence-corrected chi connectivity index (χ4v) is 3.10. The molecule has 0 radical (unpaired) electrons. The lowest BCUT2D eigenvalue weighted by molar-refractivity contribution is 0.0698. The van der Waals surface area contributed by atoms with Gasteiger partial charge in [0, 0.05) is 16.9 Å². The molecular formula is C12H8BrFN2O4S. The first-order chi connectivity index (χ1) is 9.79. The van der Waals surface area contributed by atoms with Crippen molar-refractivity contribution in [3.63, 3.8) is 0 Å². The van der Waals surface area contributed by atoms with Gasteiger partial charge < -0.3 is 5.11 Å². The van der Waals surface area contributed by atoms with Gasteiger partial charge in [-0.25, -0.2) is 17.6 Å². The quantitative estimate of drug-likeness (QED) is 0.856. The Morgan fingerprint density at radius 2 is 2.00 bits per heavy atom. The number of carboxylic acid groups (broad SMARTS) is 1. The molecule has 1 heterocycles. The van der Waals surface area contributed by atoms with Gasteiger partial charge in [0.1, 0.15) is 10.7 Å². The number of nitrogens with one attached hydrogen (secondary N) is 1. The van der Waals surface area contributed by atoms with Gasteiger partial charge >= 0.3 is 5.97 Å². The van der Waals surface area contributed by atoms with Crippen LogP contribution in [0.4, 0.5) is 10.1 Å².